The summed E-state index contributed by atoms with van der Waals surface area (Å²) < 4.78 is 48.0. The van der Waals surface area contributed by atoms with Crippen LogP contribution in [0.15, 0.2) is 65.6 Å². The number of aryl methyl sites for hydroxylation is 1. The Kier molecular flexibility index (Phi) is 6.73. The molecule has 0 radical (unpaired) electrons. The molecule has 2 aromatic heterocycles. The van der Waals surface area contributed by atoms with Gasteiger partial charge in [-0.1, -0.05) is 42.5 Å². The average molecular weight is 523 g/mol. The Labute approximate surface area is 218 Å². The predicted octanol–water partition coefficient (Wildman–Crippen LogP) is 6.15. The number of ether oxygens (including phenoxy) is 1. The zero-order valence-corrected chi connectivity index (χ0v) is 21.5. The molecule has 0 spiro atoms. The summed E-state index contributed by atoms with van der Waals surface area (Å²) in [6, 6.07) is 15.1. The van der Waals surface area contributed by atoms with Crippen LogP contribution in [0.1, 0.15) is 53.9 Å². The van der Waals surface area contributed by atoms with Crippen LogP contribution in [0.25, 0.3) is 10.9 Å². The maximum absolute atomic E-state index is 13.5. The summed E-state index contributed by atoms with van der Waals surface area (Å²) in [5.74, 6) is 0.912. The number of anilines is 1. The molecule has 2 aromatic carbocycles. The Morgan fingerprint density at radius 3 is 2.42 bits per heavy atom. The number of fused-ring (bicyclic) bond motifs is 1. The SMILES string of the molecule is Cc1nc(N[C@@H](C)c2cccc(C(F)(F)F)c2C)c2cn(C3(c4ccccc4)CCOCC3)c(=O)cc2n1. The largest absolute Gasteiger partial charge is 0.416 e. The third kappa shape index (κ3) is 4.67. The molecule has 1 aliphatic heterocycles. The number of alkyl halides is 3. The van der Waals surface area contributed by atoms with Gasteiger partial charge in [-0.2, -0.15) is 13.2 Å². The highest BCUT2D eigenvalue weighted by atomic mass is 19.4. The van der Waals surface area contributed by atoms with Crippen LogP contribution in [0.2, 0.25) is 0 Å². The van der Waals surface area contributed by atoms with Gasteiger partial charge in [0.15, 0.2) is 0 Å². The fraction of sp³-hybridized carbons (Fsp3) is 0.345. The van der Waals surface area contributed by atoms with Crippen molar-refractivity contribution >= 4 is 16.7 Å². The van der Waals surface area contributed by atoms with Crippen molar-refractivity contribution in [2.75, 3.05) is 18.5 Å². The lowest BCUT2D eigenvalue weighted by molar-refractivity contribution is -0.138. The summed E-state index contributed by atoms with van der Waals surface area (Å²) in [5.41, 5.74) is 0.722. The van der Waals surface area contributed by atoms with Crippen LogP contribution in [-0.4, -0.2) is 27.7 Å². The standard InChI is InChI=1S/C29H29F3N4O2/c1-18-22(10-7-11-24(18)29(30,31)32)19(2)33-27-23-17-36(26(37)16-25(23)34-20(3)35-27)28(12-14-38-15-13-28)21-8-5-4-6-9-21/h4-11,16-17,19H,12-15H2,1-3H3,(H,33,34,35)/t19-/m0/s1. The molecule has 4 aromatic rings. The Morgan fingerprint density at radius 2 is 1.74 bits per heavy atom. The molecule has 0 amide bonds. The second kappa shape index (κ2) is 9.87. The summed E-state index contributed by atoms with van der Waals surface area (Å²) in [5, 5.41) is 3.92. The Balaban J connectivity index is 1.63. The van der Waals surface area contributed by atoms with Gasteiger partial charge in [-0.05, 0) is 56.4 Å². The van der Waals surface area contributed by atoms with Crippen LogP contribution in [0, 0.1) is 13.8 Å². The van der Waals surface area contributed by atoms with Crippen molar-refractivity contribution in [1.82, 2.24) is 14.5 Å². The van der Waals surface area contributed by atoms with Crippen LogP contribution in [-0.2, 0) is 16.5 Å². The van der Waals surface area contributed by atoms with E-state index in [0.717, 1.165) is 11.6 Å². The number of benzene rings is 2. The molecule has 0 aliphatic carbocycles. The van der Waals surface area contributed by atoms with E-state index in [2.05, 4.69) is 15.3 Å². The van der Waals surface area contributed by atoms with Gasteiger partial charge >= 0.3 is 6.18 Å². The van der Waals surface area contributed by atoms with Gasteiger partial charge in [-0.15, -0.1) is 0 Å². The molecule has 1 saturated heterocycles. The number of aromatic nitrogens is 3. The minimum absolute atomic E-state index is 0.164. The maximum atomic E-state index is 13.5. The van der Waals surface area contributed by atoms with Gasteiger partial charge in [-0.3, -0.25) is 4.79 Å². The van der Waals surface area contributed by atoms with Crippen LogP contribution < -0.4 is 10.9 Å². The van der Waals surface area contributed by atoms with Crippen molar-refractivity contribution < 1.29 is 17.9 Å². The molecule has 0 bridgehead atoms. The number of halogens is 3. The third-order valence-corrected chi connectivity index (χ3v) is 7.44. The fourth-order valence-corrected chi connectivity index (χ4v) is 5.50. The first kappa shape index (κ1) is 25.9. The van der Waals surface area contributed by atoms with E-state index in [0.29, 0.717) is 54.2 Å². The number of rotatable bonds is 5. The molecule has 1 fully saturated rings. The number of nitrogens with zero attached hydrogens (tertiary/aromatic N) is 3. The second-order valence-electron chi connectivity index (χ2n) is 9.79. The highest BCUT2D eigenvalue weighted by Gasteiger charge is 2.37. The molecule has 0 unspecified atom stereocenters. The quantitative estimate of drug-likeness (QED) is 0.340. The summed E-state index contributed by atoms with van der Waals surface area (Å²) in [6.07, 6.45) is -1.41. The Morgan fingerprint density at radius 1 is 1.03 bits per heavy atom. The van der Waals surface area contributed by atoms with Crippen molar-refractivity contribution in [3.05, 3.63) is 99.2 Å². The summed E-state index contributed by atoms with van der Waals surface area (Å²) in [4.78, 5) is 22.6. The first-order valence-corrected chi connectivity index (χ1v) is 12.6. The summed E-state index contributed by atoms with van der Waals surface area (Å²) in [7, 11) is 0. The van der Waals surface area contributed by atoms with Crippen LogP contribution >= 0.6 is 0 Å². The molecule has 38 heavy (non-hydrogen) atoms. The molecule has 3 heterocycles. The first-order valence-electron chi connectivity index (χ1n) is 12.6. The maximum Gasteiger partial charge on any atom is 0.416 e. The molecular formula is C29H29F3N4O2. The second-order valence-corrected chi connectivity index (χ2v) is 9.79. The molecule has 6 nitrogen and oxygen atoms in total. The van der Waals surface area contributed by atoms with Gasteiger partial charge < -0.3 is 14.6 Å². The molecule has 198 valence electrons. The zero-order chi connectivity index (χ0) is 27.1. The molecule has 9 heteroatoms. The third-order valence-electron chi connectivity index (χ3n) is 7.44. The molecule has 1 atom stereocenters. The van der Waals surface area contributed by atoms with Gasteiger partial charge in [0.2, 0.25) is 0 Å². The highest BCUT2D eigenvalue weighted by molar-refractivity contribution is 5.88. The minimum atomic E-state index is -4.44. The van der Waals surface area contributed by atoms with Crippen LogP contribution in [0.4, 0.5) is 19.0 Å². The van der Waals surface area contributed by atoms with E-state index in [1.54, 1.807) is 30.7 Å². The van der Waals surface area contributed by atoms with E-state index in [-0.39, 0.29) is 11.1 Å². The molecule has 1 N–H and O–H groups in total. The minimum Gasteiger partial charge on any atom is -0.381 e. The van der Waals surface area contributed by atoms with E-state index in [1.165, 1.54) is 19.1 Å². The smallest absolute Gasteiger partial charge is 0.381 e. The molecule has 5 rings (SSSR count). The lowest BCUT2D eigenvalue weighted by atomic mass is 9.82. The lowest BCUT2D eigenvalue weighted by Gasteiger charge is -2.39. The van der Waals surface area contributed by atoms with E-state index in [4.69, 9.17) is 4.74 Å². The predicted molar refractivity (Wildman–Crippen MR) is 140 cm³/mol. The highest BCUT2D eigenvalue weighted by Crippen LogP contribution is 2.38. The van der Waals surface area contributed by atoms with Gasteiger partial charge in [0, 0.05) is 25.5 Å². The molecular weight excluding hydrogens is 493 g/mol. The number of hydrogen-bond acceptors (Lipinski definition) is 5. The fourth-order valence-electron chi connectivity index (χ4n) is 5.50. The topological polar surface area (TPSA) is 69.0 Å². The van der Waals surface area contributed by atoms with E-state index in [9.17, 15) is 18.0 Å². The van der Waals surface area contributed by atoms with Gasteiger partial charge in [0.05, 0.1) is 28.0 Å². The van der Waals surface area contributed by atoms with Crippen molar-refractivity contribution in [2.24, 2.45) is 0 Å². The van der Waals surface area contributed by atoms with Crippen molar-refractivity contribution in [2.45, 2.75) is 51.4 Å². The zero-order valence-electron chi connectivity index (χ0n) is 21.5. The van der Waals surface area contributed by atoms with E-state index >= 15 is 0 Å². The van der Waals surface area contributed by atoms with E-state index < -0.39 is 23.3 Å². The normalized spacial score (nSPS) is 16.4. The Bertz CT molecular complexity index is 1530. The Hall–Kier alpha value is -3.72. The molecule has 0 saturated carbocycles. The lowest BCUT2D eigenvalue weighted by Crippen LogP contribution is -2.45. The number of hydrogen-bond donors (Lipinski definition) is 1. The van der Waals surface area contributed by atoms with Gasteiger partial charge in [0.25, 0.3) is 5.56 Å². The van der Waals surface area contributed by atoms with Crippen LogP contribution in [0.5, 0.6) is 0 Å². The van der Waals surface area contributed by atoms with Crippen molar-refractivity contribution in [1.29, 1.82) is 0 Å². The first-order chi connectivity index (χ1) is 18.1. The average Bonchev–Trinajstić information content (AvgIpc) is 2.88. The number of nitrogens with one attached hydrogen (secondary N) is 1. The van der Waals surface area contributed by atoms with Crippen molar-refractivity contribution in [3.63, 3.8) is 0 Å². The monoisotopic (exact) mass is 522 g/mol. The summed E-state index contributed by atoms with van der Waals surface area (Å²) >= 11 is 0. The number of pyridine rings is 1. The van der Waals surface area contributed by atoms with Crippen molar-refractivity contribution in [3.8, 4) is 0 Å². The molecule has 1 aliphatic rings. The summed E-state index contributed by atoms with van der Waals surface area (Å²) in [6.45, 7) is 6.03. The van der Waals surface area contributed by atoms with Crippen LogP contribution in [0.3, 0.4) is 0 Å². The van der Waals surface area contributed by atoms with Gasteiger partial charge in [-0.25, -0.2) is 9.97 Å². The van der Waals surface area contributed by atoms with Gasteiger partial charge in [0.1, 0.15) is 11.6 Å². The van der Waals surface area contributed by atoms with E-state index in [1.807, 2.05) is 30.3 Å².